The summed E-state index contributed by atoms with van der Waals surface area (Å²) in [5, 5.41) is 1.89. The second-order valence-corrected chi connectivity index (χ2v) is 2.43. The van der Waals surface area contributed by atoms with Gasteiger partial charge in [-0.3, -0.25) is 0 Å². The highest BCUT2D eigenvalue weighted by atomic mass is 15.7. The molecule has 0 amide bonds. The standard InChI is InChI=1S/C7H19N3/c1-5-7(6-2)9-10(4)8-3/h7-9H,5-6H2,1-4H3. The summed E-state index contributed by atoms with van der Waals surface area (Å²) in [5.74, 6) is 0. The number of nitrogens with one attached hydrogen (secondary N) is 2. The van der Waals surface area contributed by atoms with Gasteiger partial charge in [0.1, 0.15) is 0 Å². The van der Waals surface area contributed by atoms with E-state index in [4.69, 9.17) is 0 Å². The van der Waals surface area contributed by atoms with Crippen molar-refractivity contribution in [1.29, 1.82) is 0 Å². The average molecular weight is 145 g/mol. The Bertz CT molecular complexity index is 71.3. The van der Waals surface area contributed by atoms with E-state index < -0.39 is 0 Å². The van der Waals surface area contributed by atoms with E-state index >= 15 is 0 Å². The van der Waals surface area contributed by atoms with Crippen LogP contribution in [0.2, 0.25) is 0 Å². The molecule has 0 aromatic rings. The molecular formula is C7H19N3. The second-order valence-electron chi connectivity index (χ2n) is 2.43. The van der Waals surface area contributed by atoms with Crippen LogP contribution in [0.15, 0.2) is 0 Å². The maximum absolute atomic E-state index is 3.29. The molecule has 10 heavy (non-hydrogen) atoms. The van der Waals surface area contributed by atoms with E-state index in [9.17, 15) is 0 Å². The van der Waals surface area contributed by atoms with Crippen LogP contribution in [-0.4, -0.2) is 25.3 Å². The second kappa shape index (κ2) is 5.65. The SMILES string of the molecule is CCC(CC)NN(C)NC. The Kier molecular flexibility index (Phi) is 5.58. The van der Waals surface area contributed by atoms with Crippen molar-refractivity contribution in [1.82, 2.24) is 16.0 Å². The molecule has 0 rings (SSSR count). The normalized spacial score (nSPS) is 11.4. The summed E-state index contributed by atoms with van der Waals surface area (Å²) in [6, 6.07) is 0.595. The van der Waals surface area contributed by atoms with Crippen molar-refractivity contribution in [2.45, 2.75) is 32.7 Å². The van der Waals surface area contributed by atoms with E-state index in [0.29, 0.717) is 6.04 Å². The van der Waals surface area contributed by atoms with Gasteiger partial charge in [-0.05, 0) is 12.8 Å². The highest BCUT2D eigenvalue weighted by Gasteiger charge is 2.02. The first-order chi connectivity index (χ1) is 4.74. The van der Waals surface area contributed by atoms with E-state index in [1.165, 1.54) is 12.8 Å². The van der Waals surface area contributed by atoms with Crippen molar-refractivity contribution in [3.63, 3.8) is 0 Å². The van der Waals surface area contributed by atoms with Crippen molar-refractivity contribution in [3.8, 4) is 0 Å². The molecule has 0 bridgehead atoms. The minimum absolute atomic E-state index is 0.595. The quantitative estimate of drug-likeness (QED) is 0.559. The molecular weight excluding hydrogens is 126 g/mol. The third-order valence-corrected chi connectivity index (χ3v) is 1.70. The van der Waals surface area contributed by atoms with Crippen LogP contribution in [0.25, 0.3) is 0 Å². The zero-order valence-electron chi connectivity index (χ0n) is 7.44. The van der Waals surface area contributed by atoms with Crippen molar-refractivity contribution in [3.05, 3.63) is 0 Å². The minimum atomic E-state index is 0.595. The number of rotatable bonds is 5. The highest BCUT2D eigenvalue weighted by Crippen LogP contribution is 1.94. The first-order valence-electron chi connectivity index (χ1n) is 3.91. The van der Waals surface area contributed by atoms with E-state index in [2.05, 4.69) is 24.7 Å². The van der Waals surface area contributed by atoms with E-state index in [1.807, 2.05) is 19.2 Å². The fourth-order valence-corrected chi connectivity index (χ4v) is 0.810. The lowest BCUT2D eigenvalue weighted by molar-refractivity contribution is 0.138. The number of hydrazine groups is 2. The predicted octanol–water partition coefficient (Wildman–Crippen LogP) is 0.746. The third kappa shape index (κ3) is 3.82. The minimum Gasteiger partial charge on any atom is -0.245 e. The van der Waals surface area contributed by atoms with Crippen LogP contribution in [0.3, 0.4) is 0 Å². The summed E-state index contributed by atoms with van der Waals surface area (Å²) >= 11 is 0. The Balaban J connectivity index is 3.41. The molecule has 3 heteroatoms. The first kappa shape index (κ1) is 9.88. The van der Waals surface area contributed by atoms with Gasteiger partial charge in [0.05, 0.1) is 0 Å². The lowest BCUT2D eigenvalue weighted by Gasteiger charge is -2.22. The fourth-order valence-electron chi connectivity index (χ4n) is 0.810. The molecule has 0 spiro atoms. The van der Waals surface area contributed by atoms with Crippen LogP contribution in [-0.2, 0) is 0 Å². The Labute approximate surface area is 63.7 Å². The lowest BCUT2D eigenvalue weighted by atomic mass is 10.2. The molecule has 0 aliphatic heterocycles. The van der Waals surface area contributed by atoms with E-state index in [0.717, 1.165) is 0 Å². The molecule has 0 unspecified atom stereocenters. The van der Waals surface area contributed by atoms with Crippen molar-refractivity contribution in [2.24, 2.45) is 0 Å². The molecule has 62 valence electrons. The summed E-state index contributed by atoms with van der Waals surface area (Å²) < 4.78 is 0. The summed E-state index contributed by atoms with van der Waals surface area (Å²) in [4.78, 5) is 0. The Morgan fingerprint density at radius 3 is 2.10 bits per heavy atom. The molecule has 0 radical (unpaired) electrons. The van der Waals surface area contributed by atoms with E-state index in [1.54, 1.807) is 0 Å². The van der Waals surface area contributed by atoms with Gasteiger partial charge in [0.25, 0.3) is 0 Å². The Morgan fingerprint density at radius 1 is 1.30 bits per heavy atom. The highest BCUT2D eigenvalue weighted by molar-refractivity contribution is 4.57. The van der Waals surface area contributed by atoms with Crippen LogP contribution in [0.1, 0.15) is 26.7 Å². The van der Waals surface area contributed by atoms with Gasteiger partial charge >= 0.3 is 0 Å². The first-order valence-corrected chi connectivity index (χ1v) is 3.91. The van der Waals surface area contributed by atoms with Gasteiger partial charge in [-0.25, -0.2) is 10.9 Å². The third-order valence-electron chi connectivity index (χ3n) is 1.70. The number of hydrogen-bond acceptors (Lipinski definition) is 3. The smallest absolute Gasteiger partial charge is 0.0223 e. The van der Waals surface area contributed by atoms with Gasteiger partial charge in [-0.2, -0.15) is 5.12 Å². The summed E-state index contributed by atoms with van der Waals surface area (Å²) in [5.41, 5.74) is 6.27. The summed E-state index contributed by atoms with van der Waals surface area (Å²) in [6.45, 7) is 4.37. The molecule has 2 N–H and O–H groups in total. The van der Waals surface area contributed by atoms with Gasteiger partial charge in [-0.15, -0.1) is 0 Å². The van der Waals surface area contributed by atoms with Crippen LogP contribution in [0.4, 0.5) is 0 Å². The zero-order valence-corrected chi connectivity index (χ0v) is 7.44. The summed E-state index contributed by atoms with van der Waals surface area (Å²) in [6.07, 6.45) is 2.34. The zero-order chi connectivity index (χ0) is 7.98. The van der Waals surface area contributed by atoms with Crippen molar-refractivity contribution < 1.29 is 0 Å². The molecule has 0 aliphatic rings. The average Bonchev–Trinajstić information content (AvgIpc) is 1.99. The largest absolute Gasteiger partial charge is 0.245 e. The van der Waals surface area contributed by atoms with Gasteiger partial charge in [0.15, 0.2) is 0 Å². The fraction of sp³-hybridized carbons (Fsp3) is 1.00. The molecule has 0 aromatic heterocycles. The van der Waals surface area contributed by atoms with Crippen LogP contribution >= 0.6 is 0 Å². The molecule has 3 nitrogen and oxygen atoms in total. The lowest BCUT2D eigenvalue weighted by Crippen LogP contribution is -2.47. The van der Waals surface area contributed by atoms with Crippen LogP contribution < -0.4 is 10.9 Å². The molecule has 0 heterocycles. The van der Waals surface area contributed by atoms with Gasteiger partial charge in [-0.1, -0.05) is 13.8 Å². The van der Waals surface area contributed by atoms with Crippen LogP contribution in [0, 0.1) is 0 Å². The van der Waals surface area contributed by atoms with Crippen molar-refractivity contribution >= 4 is 0 Å². The molecule has 0 aliphatic carbocycles. The van der Waals surface area contributed by atoms with E-state index in [-0.39, 0.29) is 0 Å². The van der Waals surface area contributed by atoms with Crippen LogP contribution in [0.5, 0.6) is 0 Å². The molecule has 0 fully saturated rings. The maximum Gasteiger partial charge on any atom is 0.0223 e. The van der Waals surface area contributed by atoms with Crippen molar-refractivity contribution in [2.75, 3.05) is 14.1 Å². The molecule has 0 saturated carbocycles. The Morgan fingerprint density at radius 2 is 1.80 bits per heavy atom. The molecule has 0 saturated heterocycles. The number of nitrogens with zero attached hydrogens (tertiary/aromatic N) is 1. The maximum atomic E-state index is 3.29. The van der Waals surface area contributed by atoms with Gasteiger partial charge < -0.3 is 0 Å². The topological polar surface area (TPSA) is 27.3 Å². The monoisotopic (exact) mass is 145 g/mol. The molecule has 0 aromatic carbocycles. The van der Waals surface area contributed by atoms with Gasteiger partial charge in [0, 0.05) is 20.1 Å². The summed E-state index contributed by atoms with van der Waals surface area (Å²) in [7, 11) is 3.87. The Hall–Kier alpha value is -0.120. The number of hydrogen-bond donors (Lipinski definition) is 2. The predicted molar refractivity (Wildman–Crippen MR) is 44.3 cm³/mol. The molecule has 0 atom stereocenters. The van der Waals surface area contributed by atoms with Gasteiger partial charge in [0.2, 0.25) is 0 Å².